The molecule has 0 aliphatic rings. The molecule has 0 aromatic heterocycles. The number of carboxylic acids is 1. The van der Waals surface area contributed by atoms with Crippen LogP contribution in [-0.2, 0) is 14.9 Å². The van der Waals surface area contributed by atoms with E-state index in [-0.39, 0.29) is 47.0 Å². The fourth-order valence-electron chi connectivity index (χ4n) is 0.655. The largest absolute Gasteiger partial charge is 2.00 e. The van der Waals surface area contributed by atoms with Gasteiger partial charge in [0.1, 0.15) is 0 Å². The summed E-state index contributed by atoms with van der Waals surface area (Å²) in [6.45, 7) is 1.50. The molecule has 70 valence electrons. The molecule has 0 saturated heterocycles. The van der Waals surface area contributed by atoms with Gasteiger partial charge in [0.15, 0.2) is 0 Å². The van der Waals surface area contributed by atoms with Crippen molar-refractivity contribution in [2.45, 2.75) is 25.0 Å². The third kappa shape index (κ3) is 6.19. The van der Waals surface area contributed by atoms with E-state index in [1.54, 1.807) is 0 Å². The molecule has 0 spiro atoms. The molecule has 0 rings (SSSR count). The minimum Gasteiger partial charge on any atom is -1.00 e. The predicted octanol–water partition coefficient (Wildman–Crippen LogP) is -0.0283. The summed E-state index contributed by atoms with van der Waals surface area (Å²) in [7, 11) is -4.19. The van der Waals surface area contributed by atoms with Gasteiger partial charge in [-0.05, 0) is 6.42 Å². The van der Waals surface area contributed by atoms with Crippen LogP contribution in [-0.4, -0.2) is 67.0 Å². The van der Waals surface area contributed by atoms with Crippen molar-refractivity contribution in [3.8, 4) is 0 Å². The van der Waals surface area contributed by atoms with Crippen LogP contribution in [0.5, 0.6) is 0 Å². The Labute approximate surface area is 104 Å². The summed E-state index contributed by atoms with van der Waals surface area (Å²) in [5, 5.41) is 7.02. The van der Waals surface area contributed by atoms with E-state index in [0.717, 1.165) is 0 Å². The summed E-state index contributed by atoms with van der Waals surface area (Å²) in [6, 6.07) is 0. The van der Waals surface area contributed by atoms with E-state index in [1.165, 1.54) is 6.92 Å². The Morgan fingerprint density at radius 3 is 2.08 bits per heavy atom. The Morgan fingerprint density at radius 2 is 2.00 bits per heavy atom. The van der Waals surface area contributed by atoms with Gasteiger partial charge in [-0.3, -0.25) is 9.35 Å². The summed E-state index contributed by atoms with van der Waals surface area (Å²) >= 11 is 0. The number of rotatable bonds is 4. The zero-order valence-corrected chi connectivity index (χ0v) is 9.75. The fourth-order valence-corrected chi connectivity index (χ4v) is 1.43. The van der Waals surface area contributed by atoms with Gasteiger partial charge in [-0.15, -0.1) is 0 Å². The SMILES string of the molecule is CCC(CC(=O)O)S(=O)(=O)O.[Ca+2].[H-].[H-]. The Balaban J connectivity index is -0.000000167. The van der Waals surface area contributed by atoms with Gasteiger partial charge in [-0.2, -0.15) is 8.42 Å². The predicted molar refractivity (Wildman–Crippen MR) is 45.9 cm³/mol. The monoisotopic (exact) mass is 224 g/mol. The molecule has 0 bridgehead atoms. The van der Waals surface area contributed by atoms with Crippen LogP contribution < -0.4 is 0 Å². The van der Waals surface area contributed by atoms with Crippen LogP contribution in [0.3, 0.4) is 0 Å². The van der Waals surface area contributed by atoms with E-state index in [1.807, 2.05) is 0 Å². The summed E-state index contributed by atoms with van der Waals surface area (Å²) in [6.07, 6.45) is -0.444. The number of carboxylic acid groups (broad SMARTS) is 1. The quantitative estimate of drug-likeness (QED) is 0.517. The van der Waals surface area contributed by atoms with Gasteiger partial charge in [0.2, 0.25) is 0 Å². The van der Waals surface area contributed by atoms with Crippen molar-refractivity contribution in [1.82, 2.24) is 0 Å². The molecule has 1 unspecified atom stereocenters. The maximum atomic E-state index is 10.4. The molecule has 0 heterocycles. The molecule has 0 aromatic carbocycles. The van der Waals surface area contributed by atoms with Gasteiger partial charge >= 0.3 is 43.7 Å². The summed E-state index contributed by atoms with van der Waals surface area (Å²) in [5.74, 6) is -1.23. The van der Waals surface area contributed by atoms with Gasteiger partial charge in [-0.25, -0.2) is 0 Å². The van der Waals surface area contributed by atoms with E-state index < -0.39 is 27.8 Å². The molecule has 7 heteroatoms. The Kier molecular flexibility index (Phi) is 7.75. The number of aliphatic carboxylic acids is 1. The molecule has 0 aromatic rings. The zero-order valence-electron chi connectivity index (χ0n) is 8.73. The van der Waals surface area contributed by atoms with E-state index in [9.17, 15) is 13.2 Å². The van der Waals surface area contributed by atoms with Crippen LogP contribution in [0.25, 0.3) is 0 Å². The van der Waals surface area contributed by atoms with Crippen LogP contribution in [0.1, 0.15) is 22.6 Å². The second-order valence-electron chi connectivity index (χ2n) is 2.14. The van der Waals surface area contributed by atoms with E-state index in [4.69, 9.17) is 9.66 Å². The average Bonchev–Trinajstić information content (AvgIpc) is 1.79. The van der Waals surface area contributed by atoms with Gasteiger partial charge in [-0.1, -0.05) is 6.92 Å². The Hall–Kier alpha value is 0.640. The second kappa shape index (κ2) is 6.15. The van der Waals surface area contributed by atoms with Crippen molar-refractivity contribution in [3.63, 3.8) is 0 Å². The third-order valence-corrected chi connectivity index (χ3v) is 2.62. The smallest absolute Gasteiger partial charge is 1.00 e. The summed E-state index contributed by atoms with van der Waals surface area (Å²) in [5.41, 5.74) is 0. The van der Waals surface area contributed by atoms with Crippen LogP contribution in [0.2, 0.25) is 0 Å². The summed E-state index contributed by atoms with van der Waals surface area (Å²) < 4.78 is 29.2. The van der Waals surface area contributed by atoms with E-state index in [0.29, 0.717) is 0 Å². The molecule has 5 nitrogen and oxygen atoms in total. The second-order valence-corrected chi connectivity index (χ2v) is 3.84. The normalized spacial score (nSPS) is 13.2. The van der Waals surface area contributed by atoms with Crippen molar-refractivity contribution in [1.29, 1.82) is 0 Å². The first kappa shape index (κ1) is 15.1. The first-order chi connectivity index (χ1) is 4.88. The van der Waals surface area contributed by atoms with Crippen LogP contribution in [0.15, 0.2) is 0 Å². The van der Waals surface area contributed by atoms with Gasteiger partial charge in [0.25, 0.3) is 10.1 Å². The summed E-state index contributed by atoms with van der Waals surface area (Å²) in [4.78, 5) is 10.0. The van der Waals surface area contributed by atoms with Crippen molar-refractivity contribution in [2.24, 2.45) is 0 Å². The van der Waals surface area contributed by atoms with Gasteiger partial charge in [0.05, 0.1) is 11.7 Å². The molecule has 1 atom stereocenters. The molecule has 0 aliphatic heterocycles. The standard InChI is InChI=1S/C5H10O5S.Ca.2H/c1-2-4(3-5(6)7)11(8,9)10;;;/h4H,2-3H2,1H3,(H,6,7)(H,8,9,10);;;/q;+2;2*-1. The van der Waals surface area contributed by atoms with E-state index >= 15 is 0 Å². The van der Waals surface area contributed by atoms with Crippen LogP contribution >= 0.6 is 0 Å². The van der Waals surface area contributed by atoms with Crippen molar-refractivity contribution >= 4 is 53.8 Å². The Bertz CT molecular complexity index is 243. The van der Waals surface area contributed by atoms with Crippen molar-refractivity contribution < 1.29 is 25.7 Å². The minimum atomic E-state index is -4.19. The van der Waals surface area contributed by atoms with Gasteiger partial charge in [0, 0.05) is 0 Å². The molecule has 0 aliphatic carbocycles. The molecular weight excluding hydrogens is 212 g/mol. The molecule has 0 saturated carbocycles. The molecule has 2 N–H and O–H groups in total. The molecule has 0 radical (unpaired) electrons. The maximum Gasteiger partial charge on any atom is 2.00 e. The average molecular weight is 224 g/mol. The molecule has 12 heavy (non-hydrogen) atoms. The molecular formula is C5H12CaO5S. The van der Waals surface area contributed by atoms with Crippen LogP contribution in [0.4, 0.5) is 0 Å². The molecule has 0 amide bonds. The minimum absolute atomic E-state index is 0. The number of carbonyl (C=O) groups is 1. The maximum absolute atomic E-state index is 10.4. The first-order valence-electron chi connectivity index (χ1n) is 3.06. The molecule has 0 fully saturated rings. The van der Waals surface area contributed by atoms with Crippen molar-refractivity contribution in [2.75, 3.05) is 0 Å². The van der Waals surface area contributed by atoms with Gasteiger partial charge < -0.3 is 7.96 Å². The first-order valence-corrected chi connectivity index (χ1v) is 4.56. The topological polar surface area (TPSA) is 91.7 Å². The third-order valence-electron chi connectivity index (χ3n) is 1.28. The number of hydrogen-bond donors (Lipinski definition) is 2. The fraction of sp³-hybridized carbons (Fsp3) is 0.800. The van der Waals surface area contributed by atoms with Crippen LogP contribution in [0, 0.1) is 0 Å². The van der Waals surface area contributed by atoms with Crippen molar-refractivity contribution in [3.05, 3.63) is 0 Å². The Morgan fingerprint density at radius 1 is 1.58 bits per heavy atom. The number of hydrogen-bond acceptors (Lipinski definition) is 3. The van der Waals surface area contributed by atoms with E-state index in [2.05, 4.69) is 0 Å². The zero-order chi connectivity index (χ0) is 9.07.